The fraction of sp³-hybridized carbons (Fsp3) is 0.250. The number of hydrogen-bond acceptors (Lipinski definition) is 3. The molecule has 0 saturated carbocycles. The van der Waals surface area contributed by atoms with Crippen molar-refractivity contribution in [1.82, 2.24) is 9.13 Å². The van der Waals surface area contributed by atoms with Crippen LogP contribution in [0.4, 0.5) is 0 Å². The SMILES string of the molecule is CC#CCn1ccn(Cc2ccc(SC)cc2)c(=O)c1=O. The number of aromatic nitrogens is 2. The van der Waals surface area contributed by atoms with E-state index in [4.69, 9.17) is 0 Å². The van der Waals surface area contributed by atoms with E-state index in [0.717, 1.165) is 5.56 Å². The van der Waals surface area contributed by atoms with Gasteiger partial charge in [-0.1, -0.05) is 18.1 Å². The van der Waals surface area contributed by atoms with Crippen LogP contribution in [-0.4, -0.2) is 15.4 Å². The largest absolute Gasteiger partial charge is 0.317 e. The molecule has 2 aromatic rings. The molecule has 21 heavy (non-hydrogen) atoms. The summed E-state index contributed by atoms with van der Waals surface area (Å²) in [6, 6.07) is 7.94. The second kappa shape index (κ2) is 7.00. The molecule has 0 aliphatic heterocycles. The van der Waals surface area contributed by atoms with E-state index < -0.39 is 11.1 Å². The Labute approximate surface area is 127 Å². The Morgan fingerprint density at radius 2 is 1.67 bits per heavy atom. The lowest BCUT2D eigenvalue weighted by Gasteiger charge is -2.07. The number of hydrogen-bond donors (Lipinski definition) is 0. The molecule has 108 valence electrons. The van der Waals surface area contributed by atoms with Crippen LogP contribution in [0.15, 0.2) is 51.1 Å². The standard InChI is InChI=1S/C16H16N2O2S/c1-3-4-9-17-10-11-18(16(20)15(17)19)12-13-5-7-14(21-2)8-6-13/h5-8,10-11H,9,12H2,1-2H3. The van der Waals surface area contributed by atoms with Gasteiger partial charge in [-0.2, -0.15) is 0 Å². The van der Waals surface area contributed by atoms with Crippen LogP contribution in [0.1, 0.15) is 12.5 Å². The van der Waals surface area contributed by atoms with Gasteiger partial charge in [0.25, 0.3) is 0 Å². The minimum atomic E-state index is -0.541. The maximum absolute atomic E-state index is 12.1. The lowest BCUT2D eigenvalue weighted by Crippen LogP contribution is -2.40. The highest BCUT2D eigenvalue weighted by atomic mass is 32.2. The van der Waals surface area contributed by atoms with E-state index in [-0.39, 0.29) is 6.54 Å². The average Bonchev–Trinajstić information content (AvgIpc) is 2.52. The normalized spacial score (nSPS) is 10.0. The molecular weight excluding hydrogens is 284 g/mol. The summed E-state index contributed by atoms with van der Waals surface area (Å²) in [7, 11) is 0. The molecule has 0 fully saturated rings. The third-order valence-corrected chi connectivity index (χ3v) is 3.81. The van der Waals surface area contributed by atoms with Crippen LogP contribution in [-0.2, 0) is 13.1 Å². The molecule has 4 nitrogen and oxygen atoms in total. The summed E-state index contributed by atoms with van der Waals surface area (Å²) in [5, 5.41) is 0. The molecular formula is C16H16N2O2S. The quantitative estimate of drug-likeness (QED) is 0.491. The Bertz CT molecular complexity index is 792. The maximum atomic E-state index is 12.1. The molecule has 0 amide bonds. The molecule has 1 aromatic heterocycles. The second-order valence-corrected chi connectivity index (χ2v) is 5.32. The van der Waals surface area contributed by atoms with Crippen molar-refractivity contribution in [3.63, 3.8) is 0 Å². The van der Waals surface area contributed by atoms with Crippen LogP contribution in [0.5, 0.6) is 0 Å². The summed E-state index contributed by atoms with van der Waals surface area (Å²) >= 11 is 1.66. The third-order valence-electron chi connectivity index (χ3n) is 3.07. The van der Waals surface area contributed by atoms with Crippen molar-refractivity contribution >= 4 is 11.8 Å². The highest BCUT2D eigenvalue weighted by molar-refractivity contribution is 7.98. The molecule has 0 aliphatic carbocycles. The van der Waals surface area contributed by atoms with Crippen molar-refractivity contribution in [2.75, 3.05) is 6.26 Å². The molecule has 1 aromatic carbocycles. The van der Waals surface area contributed by atoms with Gasteiger partial charge in [-0.3, -0.25) is 14.2 Å². The topological polar surface area (TPSA) is 44.0 Å². The predicted octanol–water partition coefficient (Wildman–Crippen LogP) is 1.80. The molecule has 0 radical (unpaired) electrons. The molecule has 0 bridgehead atoms. The summed E-state index contributed by atoms with van der Waals surface area (Å²) in [5.74, 6) is 5.48. The van der Waals surface area contributed by atoms with E-state index in [1.807, 2.05) is 30.5 Å². The number of benzene rings is 1. The van der Waals surface area contributed by atoms with Crippen molar-refractivity contribution < 1.29 is 0 Å². The van der Waals surface area contributed by atoms with E-state index >= 15 is 0 Å². The molecule has 0 unspecified atom stereocenters. The zero-order chi connectivity index (χ0) is 15.2. The highest BCUT2D eigenvalue weighted by Crippen LogP contribution is 2.14. The van der Waals surface area contributed by atoms with Gasteiger partial charge in [0.1, 0.15) is 0 Å². The Morgan fingerprint density at radius 3 is 2.29 bits per heavy atom. The molecule has 0 spiro atoms. The van der Waals surface area contributed by atoms with E-state index in [2.05, 4.69) is 11.8 Å². The van der Waals surface area contributed by atoms with E-state index in [1.54, 1.807) is 31.1 Å². The van der Waals surface area contributed by atoms with Gasteiger partial charge in [-0.15, -0.1) is 17.7 Å². The molecule has 5 heteroatoms. The zero-order valence-corrected chi connectivity index (χ0v) is 12.8. The summed E-state index contributed by atoms with van der Waals surface area (Å²) in [4.78, 5) is 25.2. The van der Waals surface area contributed by atoms with Crippen molar-refractivity contribution in [1.29, 1.82) is 0 Å². The van der Waals surface area contributed by atoms with Gasteiger partial charge >= 0.3 is 11.1 Å². The first-order valence-electron chi connectivity index (χ1n) is 6.48. The fourth-order valence-electron chi connectivity index (χ4n) is 1.88. The number of thioether (sulfide) groups is 1. The van der Waals surface area contributed by atoms with Crippen LogP contribution in [0.25, 0.3) is 0 Å². The van der Waals surface area contributed by atoms with Gasteiger partial charge in [0, 0.05) is 17.3 Å². The smallest absolute Gasteiger partial charge is 0.305 e. The lowest BCUT2D eigenvalue weighted by molar-refractivity contribution is 0.678. The summed E-state index contributed by atoms with van der Waals surface area (Å²) in [6.45, 7) is 2.33. The van der Waals surface area contributed by atoms with Crippen LogP contribution in [0.2, 0.25) is 0 Å². The first-order valence-corrected chi connectivity index (χ1v) is 7.70. The first kappa shape index (κ1) is 15.2. The van der Waals surface area contributed by atoms with Crippen LogP contribution in [0.3, 0.4) is 0 Å². The van der Waals surface area contributed by atoms with Crippen molar-refractivity contribution in [2.45, 2.75) is 24.9 Å². The Morgan fingerprint density at radius 1 is 1.05 bits per heavy atom. The summed E-state index contributed by atoms with van der Waals surface area (Å²) in [5.41, 5.74) is -0.0780. The van der Waals surface area contributed by atoms with E-state index in [1.165, 1.54) is 14.0 Å². The predicted molar refractivity (Wildman–Crippen MR) is 85.7 cm³/mol. The molecule has 2 rings (SSSR count). The summed E-state index contributed by atoms with van der Waals surface area (Å²) < 4.78 is 2.75. The fourth-order valence-corrected chi connectivity index (χ4v) is 2.29. The van der Waals surface area contributed by atoms with Gasteiger partial charge in [0.15, 0.2) is 0 Å². The van der Waals surface area contributed by atoms with Crippen molar-refractivity contribution in [3.8, 4) is 11.8 Å². The lowest BCUT2D eigenvalue weighted by atomic mass is 10.2. The van der Waals surface area contributed by atoms with E-state index in [9.17, 15) is 9.59 Å². The van der Waals surface area contributed by atoms with E-state index in [0.29, 0.717) is 6.54 Å². The Kier molecular flexibility index (Phi) is 5.07. The summed E-state index contributed by atoms with van der Waals surface area (Å²) in [6.07, 6.45) is 5.24. The molecule has 0 N–H and O–H groups in total. The zero-order valence-electron chi connectivity index (χ0n) is 12.0. The minimum Gasteiger partial charge on any atom is -0.305 e. The second-order valence-electron chi connectivity index (χ2n) is 4.44. The minimum absolute atomic E-state index is 0.244. The molecule has 0 saturated heterocycles. The van der Waals surface area contributed by atoms with Crippen LogP contribution >= 0.6 is 11.8 Å². The molecule has 0 atom stereocenters. The monoisotopic (exact) mass is 300 g/mol. The highest BCUT2D eigenvalue weighted by Gasteiger charge is 2.05. The van der Waals surface area contributed by atoms with Gasteiger partial charge in [0.2, 0.25) is 0 Å². The third kappa shape index (κ3) is 3.67. The van der Waals surface area contributed by atoms with Crippen LogP contribution < -0.4 is 11.1 Å². The average molecular weight is 300 g/mol. The Hall–Kier alpha value is -2.19. The number of nitrogens with zero attached hydrogens (tertiary/aromatic N) is 2. The van der Waals surface area contributed by atoms with Crippen LogP contribution in [0, 0.1) is 11.8 Å². The van der Waals surface area contributed by atoms with Crippen molar-refractivity contribution in [2.24, 2.45) is 0 Å². The Balaban J connectivity index is 2.27. The maximum Gasteiger partial charge on any atom is 0.317 e. The van der Waals surface area contributed by atoms with Gasteiger partial charge in [-0.25, -0.2) is 0 Å². The van der Waals surface area contributed by atoms with Gasteiger partial charge < -0.3 is 4.57 Å². The first-order chi connectivity index (χ1) is 10.2. The molecule has 1 heterocycles. The molecule has 0 aliphatic rings. The van der Waals surface area contributed by atoms with Gasteiger partial charge in [-0.05, 0) is 30.9 Å². The van der Waals surface area contributed by atoms with Crippen molar-refractivity contribution in [3.05, 3.63) is 62.9 Å². The van der Waals surface area contributed by atoms with Gasteiger partial charge in [0.05, 0.1) is 13.1 Å². The number of rotatable bonds is 4.